The number of allylic oxidation sites excluding steroid dienone is 2. The molecule has 56 valence electrons. The molecule has 1 nitrogen and oxygen atoms in total. The predicted octanol–water partition coefficient (Wildman–Crippen LogP) is 1.96. The summed E-state index contributed by atoms with van der Waals surface area (Å²) in [6.07, 6.45) is 1.28. The molecular weight excluding hydrogens is 131 g/mol. The highest BCUT2D eigenvalue weighted by molar-refractivity contribution is 5.32. The van der Waals surface area contributed by atoms with Crippen molar-refractivity contribution in [1.82, 2.24) is 0 Å². The summed E-state index contributed by atoms with van der Waals surface area (Å²) in [5.74, 6) is -0.475. The molecule has 2 heteroatoms. The summed E-state index contributed by atoms with van der Waals surface area (Å²) in [6, 6.07) is 0. The van der Waals surface area contributed by atoms with Crippen molar-refractivity contribution in [3.63, 3.8) is 0 Å². The lowest BCUT2D eigenvalue weighted by Gasteiger charge is -1.99. The van der Waals surface area contributed by atoms with Crippen molar-refractivity contribution < 1.29 is 9.50 Å². The van der Waals surface area contributed by atoms with Gasteiger partial charge in [-0.1, -0.05) is 19.2 Å². The van der Waals surface area contributed by atoms with Gasteiger partial charge in [-0.15, -0.1) is 0 Å². The van der Waals surface area contributed by atoms with E-state index < -0.39 is 5.83 Å². The highest BCUT2D eigenvalue weighted by atomic mass is 19.1. The Bertz CT molecular complexity index is 180. The molecule has 0 radical (unpaired) electrons. The van der Waals surface area contributed by atoms with Crippen LogP contribution in [0.15, 0.2) is 36.2 Å². The molecule has 0 atom stereocenters. The topological polar surface area (TPSA) is 20.2 Å². The molecular formula is C8H11FO. The summed E-state index contributed by atoms with van der Waals surface area (Å²) < 4.78 is 12.7. The molecule has 0 fully saturated rings. The Morgan fingerprint density at radius 2 is 2.20 bits per heavy atom. The van der Waals surface area contributed by atoms with E-state index in [-0.39, 0.29) is 12.2 Å². The maximum absolute atomic E-state index is 12.7. The molecule has 0 heterocycles. The van der Waals surface area contributed by atoms with Gasteiger partial charge in [-0.2, -0.15) is 0 Å². The van der Waals surface area contributed by atoms with Crippen LogP contribution in [0.5, 0.6) is 0 Å². The molecule has 0 amide bonds. The number of aliphatic hydroxyl groups is 1. The van der Waals surface area contributed by atoms with Gasteiger partial charge in [0.1, 0.15) is 5.83 Å². The van der Waals surface area contributed by atoms with Crippen LogP contribution in [0.25, 0.3) is 0 Å². The molecule has 0 rings (SSSR count). The summed E-state index contributed by atoms with van der Waals surface area (Å²) in [5.41, 5.74) is 0.497. The predicted molar refractivity (Wildman–Crippen MR) is 40.2 cm³/mol. The summed E-state index contributed by atoms with van der Waals surface area (Å²) in [5, 5.41) is 8.54. The Morgan fingerprint density at radius 3 is 2.30 bits per heavy atom. The first-order chi connectivity index (χ1) is 4.63. The third kappa shape index (κ3) is 2.15. The normalized spacial score (nSPS) is 12.3. The third-order valence-corrected chi connectivity index (χ3v) is 1.07. The van der Waals surface area contributed by atoms with Gasteiger partial charge in [-0.05, 0) is 12.5 Å². The maximum Gasteiger partial charge on any atom is 0.131 e. The van der Waals surface area contributed by atoms with Gasteiger partial charge in [0.05, 0.1) is 6.61 Å². The summed E-state index contributed by atoms with van der Waals surface area (Å²) >= 11 is 0. The smallest absolute Gasteiger partial charge is 0.131 e. The van der Waals surface area contributed by atoms with Crippen molar-refractivity contribution in [3.05, 3.63) is 36.2 Å². The molecule has 0 aromatic rings. The molecule has 0 bridgehead atoms. The van der Waals surface area contributed by atoms with Crippen molar-refractivity contribution in [2.75, 3.05) is 6.61 Å². The highest BCUT2D eigenvalue weighted by Crippen LogP contribution is 2.14. The van der Waals surface area contributed by atoms with Crippen LogP contribution in [0.1, 0.15) is 6.92 Å². The van der Waals surface area contributed by atoms with E-state index in [0.29, 0.717) is 5.57 Å². The first-order valence-electron chi connectivity index (χ1n) is 2.91. The van der Waals surface area contributed by atoms with Gasteiger partial charge in [0.15, 0.2) is 0 Å². The van der Waals surface area contributed by atoms with Crippen LogP contribution in [-0.4, -0.2) is 11.7 Å². The van der Waals surface area contributed by atoms with Crippen LogP contribution in [0.3, 0.4) is 0 Å². The molecule has 0 aromatic heterocycles. The van der Waals surface area contributed by atoms with Crippen molar-refractivity contribution in [2.24, 2.45) is 0 Å². The van der Waals surface area contributed by atoms with Gasteiger partial charge in [-0.25, -0.2) is 4.39 Å². The molecule has 0 aliphatic rings. The van der Waals surface area contributed by atoms with E-state index >= 15 is 0 Å². The fourth-order valence-electron chi connectivity index (χ4n) is 0.498. The largest absolute Gasteiger partial charge is 0.392 e. The van der Waals surface area contributed by atoms with Crippen molar-refractivity contribution in [1.29, 1.82) is 0 Å². The molecule has 0 aliphatic carbocycles. The number of hydrogen-bond donors (Lipinski definition) is 1. The van der Waals surface area contributed by atoms with E-state index in [4.69, 9.17) is 5.11 Å². The summed E-state index contributed by atoms with van der Waals surface area (Å²) in [7, 11) is 0. The van der Waals surface area contributed by atoms with Gasteiger partial charge in [0, 0.05) is 5.57 Å². The van der Waals surface area contributed by atoms with Crippen molar-refractivity contribution >= 4 is 0 Å². The fourth-order valence-corrected chi connectivity index (χ4v) is 0.498. The van der Waals surface area contributed by atoms with Crippen LogP contribution in [0, 0.1) is 0 Å². The lowest BCUT2D eigenvalue weighted by Crippen LogP contribution is -1.90. The monoisotopic (exact) mass is 142 g/mol. The maximum atomic E-state index is 12.7. The zero-order valence-electron chi connectivity index (χ0n) is 6.02. The van der Waals surface area contributed by atoms with Crippen LogP contribution in [-0.2, 0) is 0 Å². The molecule has 10 heavy (non-hydrogen) atoms. The van der Waals surface area contributed by atoms with Gasteiger partial charge < -0.3 is 5.11 Å². The van der Waals surface area contributed by atoms with E-state index in [9.17, 15) is 4.39 Å². The standard InChI is InChI=1S/C8H11FO/c1-4-7(5-10)8(9)6(2)3/h4,10H,1-2,5H2,3H3/b8-7-. The van der Waals surface area contributed by atoms with Crippen molar-refractivity contribution in [3.8, 4) is 0 Å². The van der Waals surface area contributed by atoms with E-state index in [2.05, 4.69) is 13.2 Å². The SMILES string of the molecule is C=C/C(CO)=C(/F)C(=C)C. The van der Waals surface area contributed by atoms with Crippen LogP contribution in [0.2, 0.25) is 0 Å². The second-order valence-electron chi connectivity index (χ2n) is 1.98. The lowest BCUT2D eigenvalue weighted by molar-refractivity contribution is 0.331. The van der Waals surface area contributed by atoms with Crippen LogP contribution >= 0.6 is 0 Å². The number of rotatable bonds is 3. The lowest BCUT2D eigenvalue weighted by atomic mass is 10.2. The van der Waals surface area contributed by atoms with Gasteiger partial charge in [-0.3, -0.25) is 0 Å². The Balaban J connectivity index is 4.59. The van der Waals surface area contributed by atoms with Crippen molar-refractivity contribution in [2.45, 2.75) is 6.92 Å². The number of halogens is 1. The zero-order valence-corrected chi connectivity index (χ0v) is 6.02. The number of hydrogen-bond acceptors (Lipinski definition) is 1. The van der Waals surface area contributed by atoms with Gasteiger partial charge >= 0.3 is 0 Å². The van der Waals surface area contributed by atoms with E-state index in [1.807, 2.05) is 0 Å². The second-order valence-corrected chi connectivity index (χ2v) is 1.98. The molecule has 1 N–H and O–H groups in total. The fraction of sp³-hybridized carbons (Fsp3) is 0.250. The average Bonchev–Trinajstić information content (AvgIpc) is 1.90. The zero-order chi connectivity index (χ0) is 8.15. The van der Waals surface area contributed by atoms with E-state index in [0.717, 1.165) is 0 Å². The Hall–Kier alpha value is -0.890. The summed E-state index contributed by atoms with van der Waals surface area (Å²) in [4.78, 5) is 0. The Labute approximate surface area is 60.2 Å². The molecule has 0 aliphatic heterocycles. The number of aliphatic hydroxyl groups excluding tert-OH is 1. The first-order valence-corrected chi connectivity index (χ1v) is 2.91. The highest BCUT2D eigenvalue weighted by Gasteiger charge is 2.01. The summed E-state index contributed by atoms with van der Waals surface area (Å²) in [6.45, 7) is 7.92. The Kier molecular flexibility index (Phi) is 3.65. The van der Waals surface area contributed by atoms with Gasteiger partial charge in [0.25, 0.3) is 0 Å². The molecule has 0 saturated carbocycles. The van der Waals surface area contributed by atoms with Crippen LogP contribution < -0.4 is 0 Å². The third-order valence-electron chi connectivity index (χ3n) is 1.07. The Morgan fingerprint density at radius 1 is 1.70 bits per heavy atom. The molecule has 0 unspecified atom stereocenters. The molecule has 0 aromatic carbocycles. The molecule has 0 saturated heterocycles. The van der Waals surface area contributed by atoms with E-state index in [1.165, 1.54) is 13.0 Å². The quantitative estimate of drug-likeness (QED) is 0.597. The minimum atomic E-state index is -0.475. The average molecular weight is 142 g/mol. The van der Waals surface area contributed by atoms with Crippen LogP contribution in [0.4, 0.5) is 4.39 Å². The second kappa shape index (κ2) is 4.01. The van der Waals surface area contributed by atoms with E-state index in [1.54, 1.807) is 0 Å². The molecule has 0 spiro atoms. The minimum absolute atomic E-state index is 0.188. The van der Waals surface area contributed by atoms with Gasteiger partial charge in [0.2, 0.25) is 0 Å². The first kappa shape index (κ1) is 9.11. The minimum Gasteiger partial charge on any atom is -0.392 e.